The summed E-state index contributed by atoms with van der Waals surface area (Å²) < 4.78 is 11.5. The molecule has 0 saturated carbocycles. The highest BCUT2D eigenvalue weighted by Gasteiger charge is 2.22. The highest BCUT2D eigenvalue weighted by molar-refractivity contribution is 6.30. The van der Waals surface area contributed by atoms with Gasteiger partial charge in [0, 0.05) is 39.8 Å². The van der Waals surface area contributed by atoms with Crippen molar-refractivity contribution in [2.75, 3.05) is 0 Å². The van der Waals surface area contributed by atoms with Gasteiger partial charge in [-0.1, -0.05) is 23.7 Å². The van der Waals surface area contributed by atoms with E-state index in [0.717, 1.165) is 38.8 Å². The number of carboxylic acid groups (broad SMARTS) is 1. The fourth-order valence-corrected chi connectivity index (χ4v) is 4.47. The number of nitrogens with one attached hydrogen (secondary N) is 1. The molecule has 1 atom stereocenters. The SMILES string of the molecule is Cc1oc2c(C)c3oc(=O)c(CCC(=O)N[C@H](Cc4ccc(Cl)cc4)C(=O)O)c(C)c3cc2c1C. The Morgan fingerprint density at radius 2 is 1.60 bits per heavy atom. The third-order valence-corrected chi connectivity index (χ3v) is 6.78. The van der Waals surface area contributed by atoms with Crippen LogP contribution in [0, 0.1) is 27.7 Å². The molecule has 0 radical (unpaired) electrons. The molecule has 182 valence electrons. The Morgan fingerprint density at radius 1 is 0.971 bits per heavy atom. The van der Waals surface area contributed by atoms with E-state index in [1.54, 1.807) is 24.3 Å². The molecule has 0 saturated heterocycles. The number of carboxylic acids is 1. The zero-order chi connectivity index (χ0) is 25.4. The van der Waals surface area contributed by atoms with Crippen LogP contribution in [0.5, 0.6) is 0 Å². The molecule has 2 aromatic carbocycles. The first-order chi connectivity index (χ1) is 16.6. The number of aryl methyl sites for hydroxylation is 4. The van der Waals surface area contributed by atoms with Gasteiger partial charge in [-0.3, -0.25) is 4.79 Å². The first-order valence-corrected chi connectivity index (χ1v) is 11.7. The van der Waals surface area contributed by atoms with Crippen LogP contribution in [0.1, 0.15) is 40.0 Å². The quantitative estimate of drug-likeness (QED) is 0.342. The lowest BCUT2D eigenvalue weighted by Crippen LogP contribution is -2.42. The van der Waals surface area contributed by atoms with Crippen molar-refractivity contribution in [2.45, 2.75) is 53.0 Å². The summed E-state index contributed by atoms with van der Waals surface area (Å²) in [7, 11) is 0. The zero-order valence-corrected chi connectivity index (χ0v) is 20.7. The number of carbonyl (C=O) groups excluding carboxylic acids is 1. The van der Waals surface area contributed by atoms with E-state index in [-0.39, 0.29) is 19.3 Å². The molecule has 7 nitrogen and oxygen atoms in total. The number of hydrogen-bond donors (Lipinski definition) is 2. The molecular formula is C27H26ClNO6. The monoisotopic (exact) mass is 495 g/mol. The van der Waals surface area contributed by atoms with Crippen LogP contribution in [0.4, 0.5) is 0 Å². The molecule has 0 aliphatic rings. The summed E-state index contributed by atoms with van der Waals surface area (Å²) in [6, 6.07) is 7.63. The first kappa shape index (κ1) is 24.5. The number of carbonyl (C=O) groups is 2. The fraction of sp³-hybridized carbons (Fsp3) is 0.296. The van der Waals surface area contributed by atoms with Crippen LogP contribution in [-0.4, -0.2) is 23.0 Å². The van der Waals surface area contributed by atoms with E-state index in [1.165, 1.54) is 0 Å². The maximum atomic E-state index is 12.8. The highest BCUT2D eigenvalue weighted by atomic mass is 35.5. The Labute approximate surface area is 206 Å². The van der Waals surface area contributed by atoms with Crippen molar-refractivity contribution in [3.63, 3.8) is 0 Å². The summed E-state index contributed by atoms with van der Waals surface area (Å²) in [6.07, 6.45) is 0.199. The summed E-state index contributed by atoms with van der Waals surface area (Å²) >= 11 is 5.88. The topological polar surface area (TPSA) is 110 Å². The van der Waals surface area contributed by atoms with Crippen LogP contribution in [0.25, 0.3) is 21.9 Å². The average Bonchev–Trinajstić information content (AvgIpc) is 3.09. The van der Waals surface area contributed by atoms with Crippen molar-refractivity contribution in [3.8, 4) is 0 Å². The number of hydrogen-bond acceptors (Lipinski definition) is 5. The Kier molecular flexibility index (Phi) is 6.72. The van der Waals surface area contributed by atoms with E-state index in [1.807, 2.05) is 33.8 Å². The lowest BCUT2D eigenvalue weighted by atomic mass is 9.98. The molecule has 4 rings (SSSR count). The summed E-state index contributed by atoms with van der Waals surface area (Å²) in [5, 5.41) is 14.4. The molecule has 2 heterocycles. The average molecular weight is 496 g/mol. The predicted octanol–water partition coefficient (Wildman–Crippen LogP) is 5.17. The third kappa shape index (κ3) is 4.82. The van der Waals surface area contributed by atoms with E-state index in [2.05, 4.69) is 5.32 Å². The van der Waals surface area contributed by atoms with Crippen molar-refractivity contribution in [3.05, 3.63) is 79.4 Å². The summed E-state index contributed by atoms with van der Waals surface area (Å²) in [6.45, 7) is 7.56. The van der Waals surface area contributed by atoms with E-state index in [4.69, 9.17) is 20.4 Å². The van der Waals surface area contributed by atoms with Gasteiger partial charge in [-0.2, -0.15) is 0 Å². The molecule has 2 aromatic heterocycles. The van der Waals surface area contributed by atoms with E-state index < -0.39 is 23.5 Å². The zero-order valence-electron chi connectivity index (χ0n) is 20.0. The van der Waals surface area contributed by atoms with Crippen LogP contribution in [-0.2, 0) is 22.4 Å². The number of rotatable bonds is 7. The van der Waals surface area contributed by atoms with Gasteiger partial charge in [0.25, 0.3) is 0 Å². The largest absolute Gasteiger partial charge is 0.480 e. The Hall–Kier alpha value is -3.58. The summed E-state index contributed by atoms with van der Waals surface area (Å²) in [5.41, 5.74) is 4.30. The van der Waals surface area contributed by atoms with Gasteiger partial charge in [0.2, 0.25) is 5.91 Å². The van der Waals surface area contributed by atoms with Gasteiger partial charge in [-0.25, -0.2) is 9.59 Å². The van der Waals surface area contributed by atoms with Gasteiger partial charge in [0.15, 0.2) is 0 Å². The summed E-state index contributed by atoms with van der Waals surface area (Å²) in [5.74, 6) is -0.792. The molecule has 4 aromatic rings. The molecule has 2 N–H and O–H groups in total. The lowest BCUT2D eigenvalue weighted by Gasteiger charge is -2.15. The van der Waals surface area contributed by atoms with Crippen molar-refractivity contribution >= 4 is 45.4 Å². The van der Waals surface area contributed by atoms with Crippen molar-refractivity contribution in [1.29, 1.82) is 0 Å². The minimum Gasteiger partial charge on any atom is -0.480 e. The van der Waals surface area contributed by atoms with Gasteiger partial charge < -0.3 is 19.3 Å². The van der Waals surface area contributed by atoms with Crippen LogP contribution in [0.3, 0.4) is 0 Å². The first-order valence-electron chi connectivity index (χ1n) is 11.3. The van der Waals surface area contributed by atoms with Gasteiger partial charge in [0.05, 0.1) is 0 Å². The maximum Gasteiger partial charge on any atom is 0.339 e. The van der Waals surface area contributed by atoms with Crippen LogP contribution < -0.4 is 10.9 Å². The molecule has 0 bridgehead atoms. The van der Waals surface area contributed by atoms with Gasteiger partial charge >= 0.3 is 11.6 Å². The number of halogens is 1. The second-order valence-corrected chi connectivity index (χ2v) is 9.26. The molecule has 0 spiro atoms. The number of furan rings is 1. The smallest absolute Gasteiger partial charge is 0.339 e. The standard InChI is InChI=1S/C27H26ClNO6/c1-13-16(4)34-24-15(3)25-21(12-20(13)24)14(2)19(27(33)35-25)9-10-23(30)29-22(26(31)32)11-17-5-7-18(28)8-6-17/h5-8,12,22H,9-11H2,1-4H3,(H,29,30)(H,31,32)/t22-/m1/s1. The normalized spacial score (nSPS) is 12.3. The number of aliphatic carboxylic acids is 1. The summed E-state index contributed by atoms with van der Waals surface area (Å²) in [4.78, 5) is 37.1. The second-order valence-electron chi connectivity index (χ2n) is 8.82. The maximum absolute atomic E-state index is 12.8. The highest BCUT2D eigenvalue weighted by Crippen LogP contribution is 2.34. The van der Waals surface area contributed by atoms with E-state index in [0.29, 0.717) is 21.8 Å². The number of amides is 1. The number of benzene rings is 2. The lowest BCUT2D eigenvalue weighted by molar-refractivity contribution is -0.141. The molecule has 0 fully saturated rings. The van der Waals surface area contributed by atoms with Crippen molar-refractivity contribution < 1.29 is 23.5 Å². The van der Waals surface area contributed by atoms with Crippen LogP contribution >= 0.6 is 11.6 Å². The molecule has 1 amide bonds. The minimum atomic E-state index is -1.14. The molecule has 35 heavy (non-hydrogen) atoms. The Morgan fingerprint density at radius 3 is 2.26 bits per heavy atom. The predicted molar refractivity (Wildman–Crippen MR) is 134 cm³/mol. The molecule has 0 unspecified atom stereocenters. The van der Waals surface area contributed by atoms with Gasteiger partial charge in [0.1, 0.15) is 23.0 Å². The number of fused-ring (bicyclic) bond motifs is 2. The van der Waals surface area contributed by atoms with E-state index in [9.17, 15) is 19.5 Å². The molecular weight excluding hydrogens is 470 g/mol. The van der Waals surface area contributed by atoms with Crippen molar-refractivity contribution in [1.82, 2.24) is 5.32 Å². The van der Waals surface area contributed by atoms with E-state index >= 15 is 0 Å². The molecule has 0 aliphatic heterocycles. The molecule has 8 heteroatoms. The minimum absolute atomic E-state index is 0.0490. The van der Waals surface area contributed by atoms with Crippen LogP contribution in [0.15, 0.2) is 44.0 Å². The van der Waals surface area contributed by atoms with Crippen LogP contribution in [0.2, 0.25) is 5.02 Å². The Bertz CT molecular complexity index is 1510. The Balaban J connectivity index is 1.56. The molecule has 0 aliphatic carbocycles. The van der Waals surface area contributed by atoms with Gasteiger partial charge in [-0.15, -0.1) is 0 Å². The van der Waals surface area contributed by atoms with Gasteiger partial charge in [-0.05, 0) is 69.0 Å². The van der Waals surface area contributed by atoms with Crippen molar-refractivity contribution in [2.24, 2.45) is 0 Å². The second kappa shape index (κ2) is 9.58. The third-order valence-electron chi connectivity index (χ3n) is 6.53. The fourth-order valence-electron chi connectivity index (χ4n) is 4.34.